The summed E-state index contributed by atoms with van der Waals surface area (Å²) in [5.41, 5.74) is 10.7. The predicted octanol–water partition coefficient (Wildman–Crippen LogP) is 6.60. The molecule has 7 rings (SSSR count). The molecule has 6 heteroatoms. The van der Waals surface area contributed by atoms with E-state index in [1.807, 2.05) is 37.3 Å². The van der Waals surface area contributed by atoms with E-state index in [2.05, 4.69) is 51.2 Å². The van der Waals surface area contributed by atoms with Gasteiger partial charge in [0, 0.05) is 16.0 Å². The first-order chi connectivity index (χ1) is 17.4. The topological polar surface area (TPSA) is 72.2 Å². The SMILES string of the molecule is CC1C(=O)C=Cc2c1ccc1c2CCc2cc(Br)ccc2-1.O=C(O)C1C=Cc2cccc3ncn1c23. The van der Waals surface area contributed by atoms with Gasteiger partial charge >= 0.3 is 5.97 Å². The number of carbonyl (C=O) groups excluding carboxylic acids is 1. The van der Waals surface area contributed by atoms with Gasteiger partial charge in [-0.05, 0) is 76.6 Å². The lowest BCUT2D eigenvalue weighted by Crippen LogP contribution is -2.18. The minimum Gasteiger partial charge on any atom is -0.479 e. The molecule has 0 amide bonds. The monoisotopic (exact) mass is 538 g/mol. The Morgan fingerprint density at radius 3 is 2.72 bits per heavy atom. The maximum absolute atomic E-state index is 11.9. The third-order valence-electron chi connectivity index (χ3n) is 7.34. The molecule has 4 aromatic rings. The summed E-state index contributed by atoms with van der Waals surface area (Å²) in [6.45, 7) is 2.00. The molecular weight excluding hydrogens is 516 g/mol. The number of nitrogens with zero attached hydrogens (tertiary/aromatic N) is 2. The smallest absolute Gasteiger partial charge is 0.330 e. The van der Waals surface area contributed by atoms with Crippen LogP contribution in [0.4, 0.5) is 0 Å². The van der Waals surface area contributed by atoms with Gasteiger partial charge in [0.25, 0.3) is 0 Å². The van der Waals surface area contributed by atoms with E-state index in [9.17, 15) is 9.59 Å². The molecule has 0 fully saturated rings. The summed E-state index contributed by atoms with van der Waals surface area (Å²) in [5.74, 6) is -0.663. The zero-order valence-corrected chi connectivity index (χ0v) is 21.2. The molecule has 3 aromatic carbocycles. The van der Waals surface area contributed by atoms with Crippen molar-refractivity contribution in [1.29, 1.82) is 0 Å². The Morgan fingerprint density at radius 2 is 1.89 bits per heavy atom. The number of carbonyl (C=O) groups is 2. The summed E-state index contributed by atoms with van der Waals surface area (Å²) in [4.78, 5) is 27.1. The molecule has 2 aliphatic carbocycles. The fraction of sp³-hybridized carbons (Fsp3) is 0.167. The average molecular weight is 539 g/mol. The molecule has 0 spiro atoms. The van der Waals surface area contributed by atoms with E-state index in [1.54, 1.807) is 23.0 Å². The molecule has 0 saturated heterocycles. The number of hydrogen-bond acceptors (Lipinski definition) is 3. The quantitative estimate of drug-likeness (QED) is 0.296. The standard InChI is InChI=1S/C19H15BrO.C11H8N2O2/c1-11-14-6-7-17-15-5-3-13(20)10-12(15)2-4-18(17)16(14)8-9-19(11)21;14-11(15)9-5-4-7-2-1-3-8-10(7)13(9)6-12-8/h3,5-11H,2,4H2,1H3;1-6,9H,(H,14,15). The Balaban J connectivity index is 0.000000141. The van der Waals surface area contributed by atoms with E-state index >= 15 is 0 Å². The van der Waals surface area contributed by atoms with Crippen LogP contribution in [-0.2, 0) is 22.4 Å². The van der Waals surface area contributed by atoms with Gasteiger partial charge in [-0.2, -0.15) is 0 Å². The average Bonchev–Trinajstić information content (AvgIpc) is 3.31. The first kappa shape index (κ1) is 22.7. The third kappa shape index (κ3) is 3.64. The minimum absolute atomic E-state index is 0.0124. The second-order valence-electron chi connectivity index (χ2n) is 9.36. The summed E-state index contributed by atoms with van der Waals surface area (Å²) >= 11 is 3.56. The van der Waals surface area contributed by atoms with Crippen molar-refractivity contribution in [1.82, 2.24) is 9.55 Å². The van der Waals surface area contributed by atoms with Gasteiger partial charge in [0.05, 0.1) is 17.4 Å². The van der Waals surface area contributed by atoms with Gasteiger partial charge in [0.1, 0.15) is 0 Å². The van der Waals surface area contributed by atoms with Crippen LogP contribution in [0, 0.1) is 0 Å². The number of halogens is 1. The highest BCUT2D eigenvalue weighted by atomic mass is 79.9. The Morgan fingerprint density at radius 1 is 1.06 bits per heavy atom. The molecular formula is C30H23BrN2O3. The molecule has 1 N–H and O–H groups in total. The zero-order valence-electron chi connectivity index (χ0n) is 19.6. The number of hydrogen-bond donors (Lipinski definition) is 1. The fourth-order valence-corrected chi connectivity index (χ4v) is 5.89. The number of ketones is 1. The van der Waals surface area contributed by atoms with E-state index in [0.717, 1.165) is 33.9 Å². The van der Waals surface area contributed by atoms with Crippen molar-refractivity contribution in [2.75, 3.05) is 0 Å². The number of imidazole rings is 1. The Labute approximate surface area is 216 Å². The summed E-state index contributed by atoms with van der Waals surface area (Å²) in [6, 6.07) is 16.0. The summed E-state index contributed by atoms with van der Waals surface area (Å²) < 4.78 is 2.83. The highest BCUT2D eigenvalue weighted by Gasteiger charge is 2.26. The van der Waals surface area contributed by atoms with Gasteiger partial charge < -0.3 is 9.67 Å². The molecule has 0 radical (unpaired) electrons. The second kappa shape index (κ2) is 8.71. The number of benzene rings is 3. The van der Waals surface area contributed by atoms with Crippen molar-refractivity contribution in [2.45, 2.75) is 31.7 Å². The molecule has 0 saturated carbocycles. The van der Waals surface area contributed by atoms with Crippen molar-refractivity contribution in [3.8, 4) is 11.1 Å². The number of fused-ring (bicyclic) bond motifs is 5. The number of rotatable bonds is 1. The largest absolute Gasteiger partial charge is 0.479 e. The van der Waals surface area contributed by atoms with Crippen molar-refractivity contribution in [3.63, 3.8) is 0 Å². The molecule has 178 valence electrons. The Bertz CT molecular complexity index is 1630. The van der Waals surface area contributed by atoms with E-state index in [-0.39, 0.29) is 11.7 Å². The molecule has 0 bridgehead atoms. The first-order valence-corrected chi connectivity index (χ1v) is 12.7. The molecule has 36 heavy (non-hydrogen) atoms. The van der Waals surface area contributed by atoms with Gasteiger partial charge in [0.2, 0.25) is 0 Å². The van der Waals surface area contributed by atoms with E-state index in [0.29, 0.717) is 0 Å². The lowest BCUT2D eigenvalue weighted by Gasteiger charge is -2.26. The summed E-state index contributed by atoms with van der Waals surface area (Å²) in [6.07, 6.45) is 11.0. The molecule has 2 atom stereocenters. The molecule has 1 aliphatic heterocycles. The van der Waals surface area contributed by atoms with Crippen molar-refractivity contribution in [2.24, 2.45) is 0 Å². The van der Waals surface area contributed by atoms with Crippen LogP contribution in [0.2, 0.25) is 0 Å². The van der Waals surface area contributed by atoms with E-state index in [1.165, 1.54) is 33.4 Å². The number of aryl methyl sites for hydroxylation is 1. The summed E-state index contributed by atoms with van der Waals surface area (Å²) in [5, 5.41) is 9.03. The second-order valence-corrected chi connectivity index (χ2v) is 10.3. The van der Waals surface area contributed by atoms with E-state index in [4.69, 9.17) is 5.11 Å². The molecule has 2 heterocycles. The zero-order chi connectivity index (χ0) is 25.0. The predicted molar refractivity (Wildman–Crippen MR) is 145 cm³/mol. The number of aliphatic carboxylic acids is 1. The number of para-hydroxylation sites is 1. The van der Waals surface area contributed by atoms with Crippen LogP contribution in [0.15, 0.2) is 71.5 Å². The molecule has 2 unspecified atom stereocenters. The normalized spacial score (nSPS) is 18.7. The highest BCUT2D eigenvalue weighted by Crippen LogP contribution is 2.41. The van der Waals surface area contributed by atoms with Crippen LogP contribution in [0.1, 0.15) is 46.7 Å². The lowest BCUT2D eigenvalue weighted by atomic mass is 9.77. The fourth-order valence-electron chi connectivity index (χ4n) is 5.48. The van der Waals surface area contributed by atoms with Crippen LogP contribution in [0.5, 0.6) is 0 Å². The van der Waals surface area contributed by atoms with Crippen molar-refractivity contribution in [3.05, 3.63) is 99.3 Å². The maximum Gasteiger partial charge on any atom is 0.330 e. The van der Waals surface area contributed by atoms with Crippen LogP contribution in [-0.4, -0.2) is 26.4 Å². The Hall–Kier alpha value is -3.77. The highest BCUT2D eigenvalue weighted by molar-refractivity contribution is 9.10. The van der Waals surface area contributed by atoms with Gasteiger partial charge in [0.15, 0.2) is 11.8 Å². The van der Waals surface area contributed by atoms with Crippen LogP contribution >= 0.6 is 15.9 Å². The summed E-state index contributed by atoms with van der Waals surface area (Å²) in [7, 11) is 0. The number of carboxylic acids is 1. The van der Waals surface area contributed by atoms with Crippen molar-refractivity contribution < 1.29 is 14.7 Å². The molecule has 5 nitrogen and oxygen atoms in total. The van der Waals surface area contributed by atoms with Crippen LogP contribution < -0.4 is 0 Å². The van der Waals surface area contributed by atoms with Crippen LogP contribution in [0.3, 0.4) is 0 Å². The van der Waals surface area contributed by atoms with Gasteiger partial charge in [-0.25, -0.2) is 9.78 Å². The minimum atomic E-state index is -0.861. The third-order valence-corrected chi connectivity index (χ3v) is 7.83. The van der Waals surface area contributed by atoms with Gasteiger partial charge in [-0.3, -0.25) is 4.79 Å². The van der Waals surface area contributed by atoms with Crippen molar-refractivity contribution >= 4 is 50.9 Å². The lowest BCUT2D eigenvalue weighted by molar-refractivity contribution is -0.139. The van der Waals surface area contributed by atoms with Gasteiger partial charge in [-0.15, -0.1) is 0 Å². The van der Waals surface area contributed by atoms with Gasteiger partial charge in [-0.1, -0.05) is 65.3 Å². The first-order valence-electron chi connectivity index (χ1n) is 12.0. The number of allylic oxidation sites excluding steroid dienone is 1. The Kier molecular flexibility index (Phi) is 5.49. The van der Waals surface area contributed by atoms with E-state index < -0.39 is 12.0 Å². The number of carboxylic acid groups (broad SMARTS) is 1. The molecule has 3 aliphatic rings. The maximum atomic E-state index is 11.9. The number of aromatic nitrogens is 2. The molecule has 1 aromatic heterocycles. The van der Waals surface area contributed by atoms with Crippen LogP contribution in [0.25, 0.3) is 34.3 Å².